The molecule has 146 valence electrons. The Bertz CT molecular complexity index is 1110. The Kier molecular flexibility index (Phi) is 5.61. The monoisotopic (exact) mass is 417 g/mol. The van der Waals surface area contributed by atoms with Gasteiger partial charge >= 0.3 is 0 Å². The van der Waals surface area contributed by atoms with E-state index in [-0.39, 0.29) is 4.21 Å². The second-order valence-electron chi connectivity index (χ2n) is 6.02. The Balaban J connectivity index is 1.64. The van der Waals surface area contributed by atoms with Crippen molar-refractivity contribution in [1.29, 1.82) is 0 Å². The Morgan fingerprint density at radius 1 is 1.21 bits per heavy atom. The van der Waals surface area contributed by atoms with Gasteiger partial charge < -0.3 is 0 Å². The summed E-state index contributed by atoms with van der Waals surface area (Å²) in [6.07, 6.45) is 1.55. The molecule has 0 saturated carbocycles. The van der Waals surface area contributed by atoms with Crippen LogP contribution in [0.5, 0.6) is 0 Å². The van der Waals surface area contributed by atoms with Crippen molar-refractivity contribution >= 4 is 39.2 Å². The normalized spacial score (nSPS) is 11.7. The molecule has 2 heterocycles. The van der Waals surface area contributed by atoms with Crippen molar-refractivity contribution in [3.63, 3.8) is 0 Å². The predicted molar refractivity (Wildman–Crippen MR) is 109 cm³/mol. The van der Waals surface area contributed by atoms with Crippen molar-refractivity contribution in [2.75, 3.05) is 4.72 Å². The minimum Gasteiger partial charge on any atom is -0.279 e. The molecule has 8 nitrogen and oxygen atoms in total. The van der Waals surface area contributed by atoms with Gasteiger partial charge in [-0.1, -0.05) is 6.07 Å². The zero-order valence-corrected chi connectivity index (χ0v) is 17.1. The summed E-state index contributed by atoms with van der Waals surface area (Å²) in [5, 5.41) is 9.95. The van der Waals surface area contributed by atoms with Gasteiger partial charge in [0.05, 0.1) is 11.9 Å². The fraction of sp³-hybridized carbons (Fsp3) is 0.167. The van der Waals surface area contributed by atoms with Crippen LogP contribution < -0.4 is 10.1 Å². The Morgan fingerprint density at radius 3 is 2.50 bits per heavy atom. The highest BCUT2D eigenvalue weighted by molar-refractivity contribution is 7.94. The summed E-state index contributed by atoms with van der Waals surface area (Å²) in [6, 6.07) is 9.30. The minimum absolute atomic E-state index is 0.227. The van der Waals surface area contributed by atoms with Crippen LogP contribution in [0.4, 0.5) is 5.69 Å². The van der Waals surface area contributed by atoms with Gasteiger partial charge in [0.25, 0.3) is 15.9 Å². The number of anilines is 1. The molecule has 28 heavy (non-hydrogen) atoms. The van der Waals surface area contributed by atoms with E-state index in [1.807, 2.05) is 20.9 Å². The second kappa shape index (κ2) is 7.95. The molecular weight excluding hydrogens is 398 g/mol. The molecule has 0 atom stereocenters. The lowest BCUT2D eigenvalue weighted by Gasteiger charge is -2.07. The maximum Gasteiger partial charge on any atom is 0.271 e. The third-order valence-corrected chi connectivity index (χ3v) is 6.86. The topological polar surface area (TPSA) is 105 Å². The number of rotatable bonds is 6. The number of hydrogen-bond donors (Lipinski definition) is 2. The third kappa shape index (κ3) is 4.29. The van der Waals surface area contributed by atoms with Gasteiger partial charge in [-0.15, -0.1) is 11.3 Å². The number of nitrogens with zero attached hydrogens (tertiary/aromatic N) is 3. The quantitative estimate of drug-likeness (QED) is 0.475. The summed E-state index contributed by atoms with van der Waals surface area (Å²) in [5.74, 6) is -0.400. The number of sulfonamides is 1. The number of benzene rings is 1. The SMILES string of the molecule is Cc1nn(C)c(C)c1/C=N\NC(=O)c1ccc(NS(=O)(=O)c2cccs2)cc1. The molecule has 0 saturated heterocycles. The molecular formula is C18H19N5O3S2. The number of aromatic nitrogens is 2. The summed E-state index contributed by atoms with van der Waals surface area (Å²) in [6.45, 7) is 3.78. The standard InChI is InChI=1S/C18H19N5O3S2/c1-12-16(13(2)23(3)21-12)11-19-20-18(24)14-6-8-15(9-7-14)22-28(25,26)17-5-4-10-27-17/h4-11,22H,1-3H3,(H,20,24)/b19-11-. The van der Waals surface area contributed by atoms with Crippen LogP contribution in [0.2, 0.25) is 0 Å². The van der Waals surface area contributed by atoms with E-state index in [9.17, 15) is 13.2 Å². The molecule has 0 radical (unpaired) electrons. The number of hydrogen-bond acceptors (Lipinski definition) is 6. The highest BCUT2D eigenvalue weighted by Gasteiger charge is 2.15. The van der Waals surface area contributed by atoms with Crippen molar-refractivity contribution in [2.45, 2.75) is 18.1 Å². The summed E-state index contributed by atoms with van der Waals surface area (Å²) in [5.41, 5.74) is 5.80. The summed E-state index contributed by atoms with van der Waals surface area (Å²) >= 11 is 1.13. The van der Waals surface area contributed by atoms with Crippen LogP contribution in [0.1, 0.15) is 27.3 Å². The molecule has 1 aromatic carbocycles. The maximum atomic E-state index is 12.2. The first-order valence-corrected chi connectivity index (χ1v) is 10.6. The molecule has 2 N–H and O–H groups in total. The molecule has 0 aliphatic heterocycles. The Labute approximate surface area is 167 Å². The van der Waals surface area contributed by atoms with Gasteiger partial charge in [-0.2, -0.15) is 10.2 Å². The largest absolute Gasteiger partial charge is 0.279 e. The van der Waals surface area contributed by atoms with Crippen LogP contribution in [0, 0.1) is 13.8 Å². The first kappa shape index (κ1) is 19.8. The lowest BCUT2D eigenvalue weighted by molar-refractivity contribution is 0.0955. The second-order valence-corrected chi connectivity index (χ2v) is 8.88. The lowest BCUT2D eigenvalue weighted by Crippen LogP contribution is -2.18. The van der Waals surface area contributed by atoms with E-state index in [1.165, 1.54) is 30.3 Å². The fourth-order valence-electron chi connectivity index (χ4n) is 2.51. The van der Waals surface area contributed by atoms with E-state index < -0.39 is 15.9 Å². The summed E-state index contributed by atoms with van der Waals surface area (Å²) < 4.78 is 28.9. The van der Waals surface area contributed by atoms with Crippen LogP contribution in [-0.2, 0) is 17.1 Å². The summed E-state index contributed by atoms with van der Waals surface area (Å²) in [4.78, 5) is 12.2. The molecule has 0 aliphatic rings. The molecule has 0 spiro atoms. The van der Waals surface area contributed by atoms with Gasteiger partial charge in [0, 0.05) is 29.6 Å². The van der Waals surface area contributed by atoms with Crippen LogP contribution in [0.3, 0.4) is 0 Å². The number of thiophene rings is 1. The van der Waals surface area contributed by atoms with Gasteiger partial charge in [0.2, 0.25) is 0 Å². The van der Waals surface area contributed by atoms with Crippen molar-refractivity contribution in [2.24, 2.45) is 12.1 Å². The average molecular weight is 418 g/mol. The zero-order valence-electron chi connectivity index (χ0n) is 15.5. The van der Waals surface area contributed by atoms with Crippen LogP contribution in [0.15, 0.2) is 51.1 Å². The van der Waals surface area contributed by atoms with E-state index in [2.05, 4.69) is 20.3 Å². The number of amides is 1. The smallest absolute Gasteiger partial charge is 0.271 e. The molecule has 0 aliphatic carbocycles. The van der Waals surface area contributed by atoms with Crippen molar-refractivity contribution in [1.82, 2.24) is 15.2 Å². The van der Waals surface area contributed by atoms with Gasteiger partial charge in [-0.25, -0.2) is 13.8 Å². The number of nitrogens with one attached hydrogen (secondary N) is 2. The van der Waals surface area contributed by atoms with Crippen molar-refractivity contribution < 1.29 is 13.2 Å². The molecule has 2 aromatic heterocycles. The van der Waals surface area contributed by atoms with Gasteiger partial charge in [-0.05, 0) is 49.6 Å². The first-order valence-electron chi connectivity index (χ1n) is 8.28. The zero-order chi connectivity index (χ0) is 20.3. The maximum absolute atomic E-state index is 12.2. The molecule has 10 heteroatoms. The Hall–Kier alpha value is -2.98. The van der Waals surface area contributed by atoms with E-state index in [0.717, 1.165) is 28.3 Å². The fourth-order valence-corrected chi connectivity index (χ4v) is 4.56. The third-order valence-electron chi connectivity index (χ3n) is 4.08. The highest BCUT2D eigenvalue weighted by Crippen LogP contribution is 2.20. The number of carbonyl (C=O) groups excluding carboxylic acids is 1. The molecule has 0 unspecified atom stereocenters. The van der Waals surface area contributed by atoms with Crippen molar-refractivity contribution in [3.05, 3.63) is 64.3 Å². The predicted octanol–water partition coefficient (Wildman–Crippen LogP) is 2.66. The number of hydrazone groups is 1. The van der Waals surface area contributed by atoms with E-state index in [1.54, 1.807) is 22.3 Å². The van der Waals surface area contributed by atoms with Crippen LogP contribution in [-0.4, -0.2) is 30.3 Å². The molecule has 0 bridgehead atoms. The lowest BCUT2D eigenvalue weighted by atomic mass is 10.2. The molecule has 3 aromatic rings. The summed E-state index contributed by atoms with van der Waals surface area (Å²) in [7, 11) is -1.78. The molecule has 0 fully saturated rings. The number of carbonyl (C=O) groups is 1. The van der Waals surface area contributed by atoms with Crippen LogP contribution >= 0.6 is 11.3 Å². The number of aryl methyl sites for hydroxylation is 2. The van der Waals surface area contributed by atoms with Crippen molar-refractivity contribution in [3.8, 4) is 0 Å². The Morgan fingerprint density at radius 2 is 1.93 bits per heavy atom. The van der Waals surface area contributed by atoms with E-state index >= 15 is 0 Å². The van der Waals surface area contributed by atoms with Gasteiger partial charge in [0.1, 0.15) is 4.21 Å². The van der Waals surface area contributed by atoms with E-state index in [0.29, 0.717) is 11.3 Å². The molecule has 3 rings (SSSR count). The van der Waals surface area contributed by atoms with E-state index in [4.69, 9.17) is 0 Å². The van der Waals surface area contributed by atoms with Gasteiger partial charge in [-0.3, -0.25) is 14.2 Å². The average Bonchev–Trinajstić information content (AvgIpc) is 3.27. The highest BCUT2D eigenvalue weighted by atomic mass is 32.2. The van der Waals surface area contributed by atoms with Crippen LogP contribution in [0.25, 0.3) is 0 Å². The first-order chi connectivity index (χ1) is 13.3. The minimum atomic E-state index is -3.62. The van der Waals surface area contributed by atoms with Gasteiger partial charge in [0.15, 0.2) is 0 Å². The molecule has 1 amide bonds.